The highest BCUT2D eigenvalue weighted by Crippen LogP contribution is 2.29. The van der Waals surface area contributed by atoms with Gasteiger partial charge in [-0.2, -0.15) is 0 Å². The zero-order valence-electron chi connectivity index (χ0n) is 18.6. The standard InChI is InChI=1S/C24H34N2O2.2ClH/c1-5-27-23-9-7-6-8-22(23)26-14-12-25(13-15-26)16-17-28-24-18-21(19(2)3)11-10-20(24)4;;/h6-11,18-19H,5,12-17H2,1-4H3;2*1H. The Bertz CT molecular complexity index is 763. The van der Waals surface area contributed by atoms with Crippen molar-refractivity contribution < 1.29 is 9.47 Å². The third kappa shape index (κ3) is 6.97. The van der Waals surface area contributed by atoms with Crippen molar-refractivity contribution in [2.45, 2.75) is 33.6 Å². The van der Waals surface area contributed by atoms with Crippen LogP contribution in [0.1, 0.15) is 37.8 Å². The molecule has 0 unspecified atom stereocenters. The lowest BCUT2D eigenvalue weighted by Gasteiger charge is -2.36. The van der Waals surface area contributed by atoms with Gasteiger partial charge >= 0.3 is 0 Å². The summed E-state index contributed by atoms with van der Waals surface area (Å²) >= 11 is 0. The number of aryl methyl sites for hydroxylation is 1. The minimum absolute atomic E-state index is 0. The Balaban J connectivity index is 0.00000225. The Morgan fingerprint density at radius 1 is 0.900 bits per heavy atom. The summed E-state index contributed by atoms with van der Waals surface area (Å²) in [4.78, 5) is 4.92. The molecule has 0 amide bonds. The van der Waals surface area contributed by atoms with E-state index in [0.717, 1.165) is 50.8 Å². The van der Waals surface area contributed by atoms with Crippen LogP contribution in [-0.2, 0) is 0 Å². The molecular weight excluding hydrogens is 419 g/mol. The average Bonchev–Trinajstić information content (AvgIpc) is 2.70. The van der Waals surface area contributed by atoms with Gasteiger partial charge in [-0.3, -0.25) is 4.90 Å². The molecule has 0 bridgehead atoms. The summed E-state index contributed by atoms with van der Waals surface area (Å²) < 4.78 is 11.9. The van der Waals surface area contributed by atoms with E-state index >= 15 is 0 Å². The Morgan fingerprint density at radius 2 is 1.60 bits per heavy atom. The molecule has 3 rings (SSSR count). The quantitative estimate of drug-likeness (QED) is 0.520. The summed E-state index contributed by atoms with van der Waals surface area (Å²) in [6.07, 6.45) is 0. The monoisotopic (exact) mass is 454 g/mol. The molecule has 2 aromatic rings. The van der Waals surface area contributed by atoms with Crippen molar-refractivity contribution >= 4 is 30.5 Å². The predicted octanol–water partition coefficient (Wildman–Crippen LogP) is 5.56. The number of ether oxygens (including phenoxy) is 2. The summed E-state index contributed by atoms with van der Waals surface area (Å²) in [5.41, 5.74) is 3.75. The number of hydrogen-bond acceptors (Lipinski definition) is 4. The van der Waals surface area contributed by atoms with Crippen LogP contribution in [0.25, 0.3) is 0 Å². The van der Waals surface area contributed by atoms with Crippen LogP contribution in [-0.4, -0.2) is 50.8 Å². The molecule has 6 heteroatoms. The highest BCUT2D eigenvalue weighted by Gasteiger charge is 2.19. The van der Waals surface area contributed by atoms with Gasteiger partial charge in [0.15, 0.2) is 0 Å². The zero-order valence-corrected chi connectivity index (χ0v) is 20.2. The van der Waals surface area contributed by atoms with Gasteiger partial charge < -0.3 is 14.4 Å². The molecule has 1 saturated heterocycles. The van der Waals surface area contributed by atoms with Gasteiger partial charge in [-0.1, -0.05) is 38.1 Å². The molecule has 1 aliphatic rings. The predicted molar refractivity (Wildman–Crippen MR) is 132 cm³/mol. The second-order valence-electron chi connectivity index (χ2n) is 7.76. The van der Waals surface area contributed by atoms with E-state index in [2.05, 4.69) is 67.0 Å². The molecule has 1 fully saturated rings. The molecule has 0 saturated carbocycles. The van der Waals surface area contributed by atoms with Gasteiger partial charge in [-0.25, -0.2) is 0 Å². The number of rotatable bonds is 8. The number of piperazine rings is 1. The van der Waals surface area contributed by atoms with Crippen molar-refractivity contribution in [2.24, 2.45) is 0 Å². The lowest BCUT2D eigenvalue weighted by atomic mass is 10.0. The first-order valence-corrected chi connectivity index (χ1v) is 10.5. The van der Waals surface area contributed by atoms with E-state index in [1.165, 1.54) is 16.8 Å². The molecule has 4 nitrogen and oxygen atoms in total. The summed E-state index contributed by atoms with van der Waals surface area (Å²) in [7, 11) is 0. The minimum atomic E-state index is 0. The van der Waals surface area contributed by atoms with E-state index in [1.54, 1.807) is 0 Å². The van der Waals surface area contributed by atoms with Crippen LogP contribution in [0.2, 0.25) is 0 Å². The Kier molecular flexibility index (Phi) is 11.4. The molecule has 1 heterocycles. The second kappa shape index (κ2) is 12.9. The summed E-state index contributed by atoms with van der Waals surface area (Å²) in [6, 6.07) is 14.9. The molecule has 30 heavy (non-hydrogen) atoms. The Hall–Kier alpha value is -1.62. The molecule has 0 radical (unpaired) electrons. The van der Waals surface area contributed by atoms with E-state index in [9.17, 15) is 0 Å². The number of para-hydroxylation sites is 2. The average molecular weight is 455 g/mol. The maximum absolute atomic E-state index is 6.12. The van der Waals surface area contributed by atoms with E-state index < -0.39 is 0 Å². The molecule has 0 N–H and O–H groups in total. The van der Waals surface area contributed by atoms with Gasteiger partial charge in [0.1, 0.15) is 18.1 Å². The molecule has 0 aliphatic carbocycles. The first kappa shape index (κ1) is 26.4. The van der Waals surface area contributed by atoms with Crippen molar-refractivity contribution in [2.75, 3.05) is 50.8 Å². The van der Waals surface area contributed by atoms with Gasteiger partial charge in [0.2, 0.25) is 0 Å². The van der Waals surface area contributed by atoms with Gasteiger partial charge in [0.25, 0.3) is 0 Å². The van der Waals surface area contributed by atoms with E-state index in [-0.39, 0.29) is 24.8 Å². The van der Waals surface area contributed by atoms with Crippen LogP contribution in [0.3, 0.4) is 0 Å². The normalized spacial score (nSPS) is 14.1. The van der Waals surface area contributed by atoms with Crippen LogP contribution >= 0.6 is 24.8 Å². The topological polar surface area (TPSA) is 24.9 Å². The highest BCUT2D eigenvalue weighted by molar-refractivity contribution is 5.85. The maximum Gasteiger partial charge on any atom is 0.142 e. The fourth-order valence-corrected chi connectivity index (χ4v) is 3.62. The van der Waals surface area contributed by atoms with Gasteiger partial charge in [0.05, 0.1) is 12.3 Å². The number of hydrogen-bond donors (Lipinski definition) is 0. The van der Waals surface area contributed by atoms with Gasteiger partial charge in [0, 0.05) is 32.7 Å². The van der Waals surface area contributed by atoms with E-state index in [0.29, 0.717) is 12.5 Å². The molecule has 168 valence electrons. The fraction of sp³-hybridized carbons (Fsp3) is 0.500. The third-order valence-electron chi connectivity index (χ3n) is 5.42. The van der Waals surface area contributed by atoms with Crippen LogP contribution in [0.4, 0.5) is 5.69 Å². The SMILES string of the molecule is CCOc1ccccc1N1CCN(CCOc2cc(C(C)C)ccc2C)CC1.Cl.Cl. The number of nitrogens with zero attached hydrogens (tertiary/aromatic N) is 2. The lowest BCUT2D eigenvalue weighted by Crippen LogP contribution is -2.47. The summed E-state index contributed by atoms with van der Waals surface area (Å²) in [5.74, 6) is 2.54. The smallest absolute Gasteiger partial charge is 0.142 e. The largest absolute Gasteiger partial charge is 0.492 e. The van der Waals surface area contributed by atoms with E-state index in [1.807, 2.05) is 13.0 Å². The summed E-state index contributed by atoms with van der Waals surface area (Å²) in [5, 5.41) is 0. The lowest BCUT2D eigenvalue weighted by molar-refractivity contribution is 0.199. The van der Waals surface area contributed by atoms with Crippen molar-refractivity contribution in [3.8, 4) is 11.5 Å². The highest BCUT2D eigenvalue weighted by atomic mass is 35.5. The molecular formula is C24H36Cl2N2O2. The van der Waals surface area contributed by atoms with Crippen LogP contribution in [0.15, 0.2) is 42.5 Å². The molecule has 0 atom stereocenters. The van der Waals surface area contributed by atoms with Crippen molar-refractivity contribution in [1.29, 1.82) is 0 Å². The Labute approximate surface area is 194 Å². The molecule has 1 aliphatic heterocycles. The number of benzene rings is 2. The summed E-state index contributed by atoms with van der Waals surface area (Å²) in [6.45, 7) is 15.1. The maximum atomic E-state index is 6.12. The van der Waals surface area contributed by atoms with Crippen molar-refractivity contribution in [1.82, 2.24) is 4.90 Å². The van der Waals surface area contributed by atoms with Crippen LogP contribution < -0.4 is 14.4 Å². The van der Waals surface area contributed by atoms with Gasteiger partial charge in [-0.15, -0.1) is 24.8 Å². The minimum Gasteiger partial charge on any atom is -0.492 e. The first-order valence-electron chi connectivity index (χ1n) is 10.5. The van der Waals surface area contributed by atoms with Crippen LogP contribution in [0.5, 0.6) is 11.5 Å². The fourth-order valence-electron chi connectivity index (χ4n) is 3.62. The second-order valence-corrected chi connectivity index (χ2v) is 7.76. The zero-order chi connectivity index (χ0) is 19.9. The first-order chi connectivity index (χ1) is 13.6. The van der Waals surface area contributed by atoms with E-state index in [4.69, 9.17) is 9.47 Å². The molecule has 2 aromatic carbocycles. The van der Waals surface area contributed by atoms with Crippen molar-refractivity contribution in [3.05, 3.63) is 53.6 Å². The van der Waals surface area contributed by atoms with Gasteiger partial charge in [-0.05, 0) is 49.1 Å². The van der Waals surface area contributed by atoms with Crippen molar-refractivity contribution in [3.63, 3.8) is 0 Å². The van der Waals surface area contributed by atoms with Crippen LogP contribution in [0, 0.1) is 6.92 Å². The molecule has 0 aromatic heterocycles. The third-order valence-corrected chi connectivity index (χ3v) is 5.42. The number of anilines is 1. The Morgan fingerprint density at radius 3 is 2.27 bits per heavy atom. The molecule has 0 spiro atoms. The number of halogens is 2.